The first-order valence-corrected chi connectivity index (χ1v) is 13.4. The molecule has 0 bridgehead atoms. The van der Waals surface area contributed by atoms with Crippen molar-refractivity contribution in [1.82, 2.24) is 19.9 Å². The first kappa shape index (κ1) is 29.8. The van der Waals surface area contributed by atoms with E-state index in [0.29, 0.717) is 33.5 Å². The predicted molar refractivity (Wildman–Crippen MR) is 151 cm³/mol. The lowest BCUT2D eigenvalue weighted by Gasteiger charge is -2.33. The van der Waals surface area contributed by atoms with Crippen LogP contribution >= 0.6 is 0 Å². The number of piperidine rings is 1. The minimum atomic E-state index is -4.75. The molecule has 1 aliphatic rings. The standard InChI is InChI=1S/C29H28F4N6O4/c1-16-7-8-19-20(4-2-6-22(19)36-13-24(40)29(31,32)33)25(16)43-26-21(5-3-10-34-26)23-9-11-35-27(38-23)37-18-12-17(30)14-39(15-18)28(41)42/h2-11,17-18,24,36,40H,12-15H2,1H3,(H,41,42)(H,35,37,38)/t17?,18?,24-/m0/s1. The summed E-state index contributed by atoms with van der Waals surface area (Å²) in [6.07, 6.45) is -6.66. The van der Waals surface area contributed by atoms with E-state index in [1.54, 1.807) is 48.5 Å². The molecule has 2 unspecified atom stereocenters. The van der Waals surface area contributed by atoms with E-state index in [4.69, 9.17) is 4.74 Å². The SMILES string of the molecule is Cc1ccc2c(NC[C@H](O)C(F)(F)F)cccc2c1Oc1ncccc1-c1ccnc(NC2CC(F)CN(C(=O)O)C2)n1. The number of rotatable bonds is 8. The molecule has 3 atom stereocenters. The molecule has 0 radical (unpaired) electrons. The maximum Gasteiger partial charge on any atom is 0.416 e. The molecule has 43 heavy (non-hydrogen) atoms. The van der Waals surface area contributed by atoms with E-state index in [0.717, 1.165) is 10.5 Å². The number of aromatic nitrogens is 3. The molecule has 226 valence electrons. The molecule has 3 heterocycles. The summed E-state index contributed by atoms with van der Waals surface area (Å²) in [6, 6.07) is 13.1. The molecule has 2 aromatic carbocycles. The van der Waals surface area contributed by atoms with Gasteiger partial charge in [0.05, 0.1) is 17.8 Å². The van der Waals surface area contributed by atoms with Gasteiger partial charge in [0.25, 0.3) is 0 Å². The largest absolute Gasteiger partial charge is 0.465 e. The number of halogens is 4. The van der Waals surface area contributed by atoms with Crippen molar-refractivity contribution in [2.24, 2.45) is 0 Å². The Labute approximate surface area is 243 Å². The number of fused-ring (bicyclic) bond motifs is 1. The van der Waals surface area contributed by atoms with Crippen molar-refractivity contribution in [1.29, 1.82) is 0 Å². The fourth-order valence-corrected chi connectivity index (χ4v) is 4.87. The maximum atomic E-state index is 14.2. The number of hydrogen-bond donors (Lipinski definition) is 4. The number of hydrogen-bond acceptors (Lipinski definition) is 8. The Balaban J connectivity index is 1.42. The van der Waals surface area contributed by atoms with Crippen molar-refractivity contribution < 1.29 is 37.3 Å². The van der Waals surface area contributed by atoms with Gasteiger partial charge in [0.1, 0.15) is 11.9 Å². The Bertz CT molecular complexity index is 1620. The van der Waals surface area contributed by atoms with E-state index in [1.165, 1.54) is 12.4 Å². The van der Waals surface area contributed by atoms with E-state index in [-0.39, 0.29) is 31.3 Å². The summed E-state index contributed by atoms with van der Waals surface area (Å²) in [7, 11) is 0. The van der Waals surface area contributed by atoms with Gasteiger partial charge in [-0.2, -0.15) is 13.2 Å². The highest BCUT2D eigenvalue weighted by atomic mass is 19.4. The molecule has 0 spiro atoms. The van der Waals surface area contributed by atoms with Crippen molar-refractivity contribution >= 4 is 28.5 Å². The Morgan fingerprint density at radius 2 is 1.91 bits per heavy atom. The minimum absolute atomic E-state index is 0.0803. The monoisotopic (exact) mass is 600 g/mol. The summed E-state index contributed by atoms with van der Waals surface area (Å²) < 4.78 is 59.0. The third-order valence-corrected chi connectivity index (χ3v) is 6.98. The highest BCUT2D eigenvalue weighted by molar-refractivity contribution is 5.98. The number of anilines is 2. The quantitative estimate of drug-likeness (QED) is 0.190. The number of amides is 1. The topological polar surface area (TPSA) is 133 Å². The lowest BCUT2D eigenvalue weighted by atomic mass is 10.0. The van der Waals surface area contributed by atoms with Crippen molar-refractivity contribution in [3.05, 3.63) is 66.5 Å². The van der Waals surface area contributed by atoms with E-state index in [9.17, 15) is 32.6 Å². The lowest BCUT2D eigenvalue weighted by molar-refractivity contribution is -0.198. The van der Waals surface area contributed by atoms with Crippen LogP contribution in [0.5, 0.6) is 11.6 Å². The third-order valence-electron chi connectivity index (χ3n) is 6.98. The molecule has 1 amide bonds. The van der Waals surface area contributed by atoms with E-state index in [1.807, 2.05) is 6.92 Å². The van der Waals surface area contributed by atoms with Gasteiger partial charge in [-0.1, -0.05) is 24.3 Å². The highest BCUT2D eigenvalue weighted by Gasteiger charge is 2.38. The predicted octanol–water partition coefficient (Wildman–Crippen LogP) is 5.63. The van der Waals surface area contributed by atoms with Crippen molar-refractivity contribution in [2.75, 3.05) is 30.3 Å². The molecule has 14 heteroatoms. The number of likely N-dealkylation sites (tertiary alicyclic amines) is 1. The van der Waals surface area contributed by atoms with Gasteiger partial charge < -0.3 is 30.5 Å². The van der Waals surface area contributed by atoms with Gasteiger partial charge in [-0.25, -0.2) is 24.1 Å². The Kier molecular flexibility index (Phi) is 8.48. The fraction of sp³-hybridized carbons (Fsp3) is 0.310. The number of pyridine rings is 1. The molecule has 1 saturated heterocycles. The number of carbonyl (C=O) groups is 1. The second-order valence-corrected chi connectivity index (χ2v) is 10.1. The number of ether oxygens (including phenoxy) is 1. The van der Waals surface area contributed by atoms with Crippen LogP contribution in [0.4, 0.5) is 34.0 Å². The van der Waals surface area contributed by atoms with Crippen LogP contribution in [0.3, 0.4) is 0 Å². The zero-order chi connectivity index (χ0) is 30.7. The van der Waals surface area contributed by atoms with E-state index >= 15 is 0 Å². The molecule has 5 rings (SSSR count). The number of aryl methyl sites for hydroxylation is 1. The van der Waals surface area contributed by atoms with E-state index in [2.05, 4.69) is 25.6 Å². The third kappa shape index (κ3) is 6.85. The van der Waals surface area contributed by atoms with Crippen LogP contribution in [-0.2, 0) is 0 Å². The number of carboxylic acid groups (broad SMARTS) is 1. The number of aliphatic hydroxyl groups excluding tert-OH is 1. The summed E-state index contributed by atoms with van der Waals surface area (Å²) in [4.78, 5) is 25.5. The fourth-order valence-electron chi connectivity index (χ4n) is 4.87. The second-order valence-electron chi connectivity index (χ2n) is 10.1. The zero-order valence-corrected chi connectivity index (χ0v) is 22.8. The second kappa shape index (κ2) is 12.3. The Morgan fingerprint density at radius 3 is 2.67 bits per heavy atom. The van der Waals surface area contributed by atoms with Gasteiger partial charge in [-0.3, -0.25) is 0 Å². The van der Waals surface area contributed by atoms with Crippen LogP contribution in [0.15, 0.2) is 60.9 Å². The first-order valence-electron chi connectivity index (χ1n) is 13.4. The summed E-state index contributed by atoms with van der Waals surface area (Å²) in [5.41, 5.74) is 2.07. The number of nitrogens with zero attached hydrogens (tertiary/aromatic N) is 4. The molecular weight excluding hydrogens is 572 g/mol. The van der Waals surface area contributed by atoms with Crippen LogP contribution in [-0.4, -0.2) is 80.3 Å². The maximum absolute atomic E-state index is 14.2. The average Bonchev–Trinajstić information content (AvgIpc) is 2.96. The van der Waals surface area contributed by atoms with Crippen LogP contribution in [0.25, 0.3) is 22.0 Å². The Hall–Kier alpha value is -4.72. The summed E-state index contributed by atoms with van der Waals surface area (Å²) in [5, 5.41) is 25.6. The normalized spacial score (nSPS) is 17.9. The molecule has 0 saturated carbocycles. The van der Waals surface area contributed by atoms with Gasteiger partial charge >= 0.3 is 12.3 Å². The highest BCUT2D eigenvalue weighted by Crippen LogP contribution is 2.38. The number of nitrogens with one attached hydrogen (secondary N) is 2. The number of aliphatic hydroxyl groups is 1. The van der Waals surface area contributed by atoms with Crippen LogP contribution in [0, 0.1) is 6.92 Å². The van der Waals surface area contributed by atoms with Crippen molar-refractivity contribution in [2.45, 2.75) is 37.8 Å². The molecule has 2 aromatic heterocycles. The molecular formula is C29H28F4N6O4. The lowest BCUT2D eigenvalue weighted by Crippen LogP contribution is -2.49. The summed E-state index contributed by atoms with van der Waals surface area (Å²) in [6.45, 7) is 0.991. The minimum Gasteiger partial charge on any atom is -0.465 e. The molecule has 4 aromatic rings. The first-order chi connectivity index (χ1) is 20.5. The molecule has 0 aliphatic carbocycles. The van der Waals surface area contributed by atoms with Gasteiger partial charge in [-0.05, 0) is 36.8 Å². The summed E-state index contributed by atoms with van der Waals surface area (Å²) >= 11 is 0. The van der Waals surface area contributed by atoms with Gasteiger partial charge in [-0.15, -0.1) is 0 Å². The van der Waals surface area contributed by atoms with Crippen LogP contribution in [0.1, 0.15) is 12.0 Å². The van der Waals surface area contributed by atoms with Crippen molar-refractivity contribution in [3.8, 4) is 22.9 Å². The average molecular weight is 601 g/mol. The molecule has 10 nitrogen and oxygen atoms in total. The van der Waals surface area contributed by atoms with Gasteiger partial charge in [0.15, 0.2) is 6.10 Å². The zero-order valence-electron chi connectivity index (χ0n) is 22.8. The van der Waals surface area contributed by atoms with Crippen LogP contribution in [0.2, 0.25) is 0 Å². The number of benzene rings is 2. The van der Waals surface area contributed by atoms with E-state index < -0.39 is 37.1 Å². The van der Waals surface area contributed by atoms with Gasteiger partial charge in [0.2, 0.25) is 11.8 Å². The smallest absolute Gasteiger partial charge is 0.416 e. The Morgan fingerprint density at radius 1 is 1.09 bits per heavy atom. The summed E-state index contributed by atoms with van der Waals surface area (Å²) in [5.74, 6) is 0.803. The molecule has 1 fully saturated rings. The van der Waals surface area contributed by atoms with Crippen LogP contribution < -0.4 is 15.4 Å². The van der Waals surface area contributed by atoms with Gasteiger partial charge in [0, 0.05) is 54.4 Å². The molecule has 1 aliphatic heterocycles. The molecule has 4 N–H and O–H groups in total. The van der Waals surface area contributed by atoms with Crippen molar-refractivity contribution in [3.63, 3.8) is 0 Å². The number of alkyl halides is 4.